The van der Waals surface area contributed by atoms with Crippen LogP contribution in [0.3, 0.4) is 0 Å². The Morgan fingerprint density at radius 3 is 2.53 bits per heavy atom. The Balaban J connectivity index is 1.98. The Morgan fingerprint density at radius 1 is 1.16 bits per heavy atom. The van der Waals surface area contributed by atoms with E-state index < -0.39 is 0 Å². The molecule has 0 aliphatic rings. The maximum absolute atomic E-state index is 4.31. The molecule has 0 aliphatic heterocycles. The van der Waals surface area contributed by atoms with Crippen molar-refractivity contribution in [3.63, 3.8) is 0 Å². The lowest BCUT2D eigenvalue weighted by molar-refractivity contribution is 0.585. The second-order valence-electron chi connectivity index (χ2n) is 4.49. The molecule has 0 unspecified atom stereocenters. The molecule has 0 bridgehead atoms. The van der Waals surface area contributed by atoms with Crippen LogP contribution in [0.5, 0.6) is 0 Å². The fourth-order valence-corrected chi connectivity index (χ4v) is 2.04. The van der Waals surface area contributed by atoms with E-state index in [-0.39, 0.29) is 0 Å². The molecule has 0 saturated carbocycles. The van der Waals surface area contributed by atoms with E-state index in [1.54, 1.807) is 6.20 Å². The topological polar surface area (TPSA) is 63.6 Å². The Labute approximate surface area is 117 Å². The highest BCUT2D eigenvalue weighted by molar-refractivity contribution is 7.99. The van der Waals surface area contributed by atoms with E-state index in [2.05, 4.69) is 39.1 Å². The first kappa shape index (κ1) is 13.9. The minimum atomic E-state index is 0.453. The standard InChI is InChI=1S/C13H17N5S/c1-9(2)15-6-11-7-16-12(17-8-11)19-13-14-5-4-10(3)18-13/h4-5,7-9,15H,6H2,1-3H3. The van der Waals surface area contributed by atoms with Crippen LogP contribution in [0.25, 0.3) is 0 Å². The molecule has 0 aliphatic carbocycles. The van der Waals surface area contributed by atoms with Crippen LogP contribution in [-0.4, -0.2) is 26.0 Å². The molecule has 0 fully saturated rings. The van der Waals surface area contributed by atoms with Crippen molar-refractivity contribution >= 4 is 11.8 Å². The van der Waals surface area contributed by atoms with Crippen LogP contribution in [0.2, 0.25) is 0 Å². The van der Waals surface area contributed by atoms with Gasteiger partial charge in [0.1, 0.15) is 0 Å². The molecule has 0 atom stereocenters. The Morgan fingerprint density at radius 2 is 1.89 bits per heavy atom. The maximum Gasteiger partial charge on any atom is 0.195 e. The quantitative estimate of drug-likeness (QED) is 0.844. The van der Waals surface area contributed by atoms with E-state index in [9.17, 15) is 0 Å². The molecule has 5 nitrogen and oxygen atoms in total. The van der Waals surface area contributed by atoms with Crippen molar-refractivity contribution in [2.75, 3.05) is 0 Å². The first-order chi connectivity index (χ1) is 9.13. The first-order valence-corrected chi connectivity index (χ1v) is 6.97. The largest absolute Gasteiger partial charge is 0.310 e. The fraction of sp³-hybridized carbons (Fsp3) is 0.385. The summed E-state index contributed by atoms with van der Waals surface area (Å²) in [6, 6.07) is 2.32. The number of hydrogen-bond acceptors (Lipinski definition) is 6. The van der Waals surface area contributed by atoms with Crippen LogP contribution < -0.4 is 5.32 Å². The number of rotatable bonds is 5. The summed E-state index contributed by atoms with van der Waals surface area (Å²) in [5.41, 5.74) is 2.01. The molecular formula is C13H17N5S. The van der Waals surface area contributed by atoms with Gasteiger partial charge in [-0.2, -0.15) is 0 Å². The lowest BCUT2D eigenvalue weighted by atomic mass is 10.3. The number of aromatic nitrogens is 4. The summed E-state index contributed by atoms with van der Waals surface area (Å²) in [6.07, 6.45) is 5.41. The minimum absolute atomic E-state index is 0.453. The molecule has 0 radical (unpaired) electrons. The fourth-order valence-electron chi connectivity index (χ4n) is 1.37. The van der Waals surface area contributed by atoms with Crippen molar-refractivity contribution in [2.45, 2.75) is 43.7 Å². The Hall–Kier alpha value is -1.53. The smallest absolute Gasteiger partial charge is 0.195 e. The van der Waals surface area contributed by atoms with Crippen molar-refractivity contribution in [2.24, 2.45) is 0 Å². The summed E-state index contributed by atoms with van der Waals surface area (Å²) in [5.74, 6) is 0. The molecule has 2 aromatic rings. The van der Waals surface area contributed by atoms with Gasteiger partial charge < -0.3 is 5.32 Å². The van der Waals surface area contributed by atoms with Gasteiger partial charge in [0, 0.05) is 42.4 Å². The summed E-state index contributed by atoms with van der Waals surface area (Å²) in [4.78, 5) is 17.1. The summed E-state index contributed by atoms with van der Waals surface area (Å²) in [6.45, 7) is 6.94. The van der Waals surface area contributed by atoms with Crippen LogP contribution in [0, 0.1) is 6.92 Å². The Kier molecular flexibility index (Phi) is 4.81. The zero-order valence-electron chi connectivity index (χ0n) is 11.3. The molecule has 2 aromatic heterocycles. The van der Waals surface area contributed by atoms with Gasteiger partial charge in [-0.1, -0.05) is 13.8 Å². The van der Waals surface area contributed by atoms with E-state index in [0.717, 1.165) is 17.8 Å². The predicted molar refractivity (Wildman–Crippen MR) is 74.9 cm³/mol. The molecule has 100 valence electrons. The molecule has 2 heterocycles. The zero-order valence-corrected chi connectivity index (χ0v) is 12.1. The summed E-state index contributed by atoms with van der Waals surface area (Å²) in [5, 5.41) is 4.67. The lowest BCUT2D eigenvalue weighted by Gasteiger charge is -2.07. The van der Waals surface area contributed by atoms with Crippen molar-refractivity contribution in [3.05, 3.63) is 35.9 Å². The normalized spacial score (nSPS) is 10.9. The van der Waals surface area contributed by atoms with Crippen molar-refractivity contribution in [1.82, 2.24) is 25.3 Å². The highest BCUT2D eigenvalue weighted by atomic mass is 32.2. The van der Waals surface area contributed by atoms with Crippen LogP contribution in [0.15, 0.2) is 35.0 Å². The third kappa shape index (κ3) is 4.57. The lowest BCUT2D eigenvalue weighted by Crippen LogP contribution is -2.21. The highest BCUT2D eigenvalue weighted by Crippen LogP contribution is 2.19. The number of nitrogens with one attached hydrogen (secondary N) is 1. The van der Waals surface area contributed by atoms with Crippen LogP contribution >= 0.6 is 11.8 Å². The number of aryl methyl sites for hydroxylation is 1. The van der Waals surface area contributed by atoms with Gasteiger partial charge in [0.05, 0.1) is 0 Å². The van der Waals surface area contributed by atoms with Crippen molar-refractivity contribution in [3.8, 4) is 0 Å². The molecule has 6 heteroatoms. The van der Waals surface area contributed by atoms with E-state index in [0.29, 0.717) is 16.4 Å². The monoisotopic (exact) mass is 275 g/mol. The van der Waals surface area contributed by atoms with Gasteiger partial charge in [0.15, 0.2) is 10.3 Å². The van der Waals surface area contributed by atoms with Crippen molar-refractivity contribution in [1.29, 1.82) is 0 Å². The first-order valence-electron chi connectivity index (χ1n) is 6.15. The van der Waals surface area contributed by atoms with E-state index in [1.807, 2.05) is 25.4 Å². The highest BCUT2D eigenvalue weighted by Gasteiger charge is 2.04. The molecule has 0 saturated heterocycles. The Bertz CT molecular complexity index is 527. The van der Waals surface area contributed by atoms with E-state index in [4.69, 9.17) is 0 Å². The van der Waals surface area contributed by atoms with Gasteiger partial charge in [-0.15, -0.1) is 0 Å². The molecule has 2 rings (SSSR count). The van der Waals surface area contributed by atoms with Gasteiger partial charge in [-0.05, 0) is 24.8 Å². The van der Waals surface area contributed by atoms with Crippen LogP contribution in [0.1, 0.15) is 25.1 Å². The molecular weight excluding hydrogens is 258 g/mol. The predicted octanol–water partition coefficient (Wildman–Crippen LogP) is 2.22. The minimum Gasteiger partial charge on any atom is -0.310 e. The van der Waals surface area contributed by atoms with Gasteiger partial charge in [0.2, 0.25) is 0 Å². The van der Waals surface area contributed by atoms with Crippen LogP contribution in [0.4, 0.5) is 0 Å². The number of nitrogens with zero attached hydrogens (tertiary/aromatic N) is 4. The zero-order chi connectivity index (χ0) is 13.7. The molecule has 0 amide bonds. The summed E-state index contributed by atoms with van der Waals surface area (Å²) < 4.78 is 0. The summed E-state index contributed by atoms with van der Waals surface area (Å²) in [7, 11) is 0. The summed E-state index contributed by atoms with van der Waals surface area (Å²) >= 11 is 1.37. The molecule has 0 aromatic carbocycles. The third-order valence-corrected chi connectivity index (χ3v) is 3.12. The van der Waals surface area contributed by atoms with E-state index in [1.165, 1.54) is 11.8 Å². The average Bonchev–Trinajstić information content (AvgIpc) is 2.38. The van der Waals surface area contributed by atoms with Gasteiger partial charge in [-0.25, -0.2) is 19.9 Å². The second-order valence-corrected chi connectivity index (χ2v) is 5.43. The SMILES string of the molecule is Cc1ccnc(Sc2ncc(CNC(C)C)cn2)n1. The average molecular weight is 275 g/mol. The molecule has 19 heavy (non-hydrogen) atoms. The van der Waals surface area contributed by atoms with Crippen molar-refractivity contribution < 1.29 is 0 Å². The maximum atomic E-state index is 4.31. The number of hydrogen-bond donors (Lipinski definition) is 1. The second kappa shape index (κ2) is 6.58. The third-order valence-electron chi connectivity index (χ3n) is 2.35. The van der Waals surface area contributed by atoms with Gasteiger partial charge >= 0.3 is 0 Å². The molecule has 0 spiro atoms. The van der Waals surface area contributed by atoms with E-state index >= 15 is 0 Å². The molecule has 1 N–H and O–H groups in total. The van der Waals surface area contributed by atoms with Gasteiger partial charge in [-0.3, -0.25) is 0 Å². The van der Waals surface area contributed by atoms with Gasteiger partial charge in [0.25, 0.3) is 0 Å². The van der Waals surface area contributed by atoms with Crippen LogP contribution in [-0.2, 0) is 6.54 Å².